The van der Waals surface area contributed by atoms with Gasteiger partial charge in [0.1, 0.15) is 0 Å². The lowest BCUT2D eigenvalue weighted by Crippen LogP contribution is -2.40. The van der Waals surface area contributed by atoms with E-state index in [9.17, 15) is 4.79 Å². The number of nitrogen functional groups attached to an aromatic ring is 1. The van der Waals surface area contributed by atoms with Crippen molar-refractivity contribution in [2.45, 2.75) is 24.0 Å². The van der Waals surface area contributed by atoms with Gasteiger partial charge < -0.3 is 15.8 Å². The Morgan fingerprint density at radius 2 is 2.26 bits per heavy atom. The van der Waals surface area contributed by atoms with Gasteiger partial charge in [0.05, 0.1) is 24.0 Å². The molecule has 104 valence electrons. The minimum Gasteiger partial charge on any atom is -0.465 e. The van der Waals surface area contributed by atoms with Crippen LogP contribution in [0.25, 0.3) is 0 Å². The molecule has 0 aromatic heterocycles. The van der Waals surface area contributed by atoms with Crippen LogP contribution in [0.3, 0.4) is 0 Å². The maximum Gasteiger partial charge on any atom is 0.340 e. The Balaban J connectivity index is 2.10. The molecular formula is C14H20N2O2S. The van der Waals surface area contributed by atoms with Crippen LogP contribution >= 0.6 is 11.8 Å². The second-order valence-electron chi connectivity index (χ2n) is 4.85. The molecule has 0 heterocycles. The number of nitrogens with one attached hydrogen (secondary N) is 1. The lowest BCUT2D eigenvalue weighted by Gasteiger charge is -2.40. The van der Waals surface area contributed by atoms with E-state index in [-0.39, 0.29) is 0 Å². The highest BCUT2D eigenvalue weighted by molar-refractivity contribution is 8.00. The second kappa shape index (κ2) is 5.74. The molecule has 4 nitrogen and oxygen atoms in total. The quantitative estimate of drug-likeness (QED) is 0.641. The molecule has 1 aromatic carbocycles. The second-order valence-corrected chi connectivity index (χ2v) is 6.13. The van der Waals surface area contributed by atoms with E-state index in [4.69, 9.17) is 10.5 Å². The van der Waals surface area contributed by atoms with E-state index >= 15 is 0 Å². The van der Waals surface area contributed by atoms with Crippen LogP contribution in [0, 0.1) is 0 Å². The van der Waals surface area contributed by atoms with E-state index in [1.807, 2.05) is 23.9 Å². The zero-order valence-corrected chi connectivity index (χ0v) is 12.2. The van der Waals surface area contributed by atoms with Gasteiger partial charge in [0, 0.05) is 11.3 Å². The predicted molar refractivity (Wildman–Crippen MR) is 80.8 cm³/mol. The molecule has 1 aliphatic rings. The Morgan fingerprint density at radius 1 is 1.53 bits per heavy atom. The molecule has 2 rings (SSSR count). The monoisotopic (exact) mass is 280 g/mol. The number of carbonyl (C=O) groups excluding carboxylic acids is 1. The first-order valence-electron chi connectivity index (χ1n) is 6.38. The number of para-hydroxylation sites is 1. The molecule has 0 spiro atoms. The van der Waals surface area contributed by atoms with Gasteiger partial charge in [-0.2, -0.15) is 11.8 Å². The van der Waals surface area contributed by atoms with Gasteiger partial charge in [-0.25, -0.2) is 4.79 Å². The lowest BCUT2D eigenvalue weighted by atomic mass is 9.84. The minimum absolute atomic E-state index is 0.327. The van der Waals surface area contributed by atoms with Crippen LogP contribution < -0.4 is 11.1 Å². The first-order valence-corrected chi connectivity index (χ1v) is 7.60. The molecule has 1 fully saturated rings. The Hall–Kier alpha value is -1.36. The predicted octanol–water partition coefficient (Wildman–Crippen LogP) is 2.75. The highest BCUT2D eigenvalue weighted by Crippen LogP contribution is 2.43. The fraction of sp³-hybridized carbons (Fsp3) is 0.500. The number of hydrogen-bond donors (Lipinski definition) is 2. The van der Waals surface area contributed by atoms with E-state index in [0.29, 0.717) is 16.0 Å². The van der Waals surface area contributed by atoms with Crippen LogP contribution in [0.4, 0.5) is 11.4 Å². The fourth-order valence-electron chi connectivity index (χ4n) is 2.29. The lowest BCUT2D eigenvalue weighted by molar-refractivity contribution is 0.0602. The molecule has 0 saturated heterocycles. The Labute approximate surface area is 118 Å². The molecule has 19 heavy (non-hydrogen) atoms. The largest absolute Gasteiger partial charge is 0.465 e. The molecule has 1 saturated carbocycles. The average molecular weight is 280 g/mol. The smallest absolute Gasteiger partial charge is 0.340 e. The SMILES string of the molecule is COC(=O)c1cccc(NCC2(SC)CCC2)c1N. The van der Waals surface area contributed by atoms with Gasteiger partial charge in [-0.3, -0.25) is 0 Å². The first-order chi connectivity index (χ1) is 9.12. The molecular weight excluding hydrogens is 260 g/mol. The van der Waals surface area contributed by atoms with Crippen molar-refractivity contribution in [3.63, 3.8) is 0 Å². The number of thioether (sulfide) groups is 1. The van der Waals surface area contributed by atoms with Crippen LogP contribution in [-0.4, -0.2) is 30.6 Å². The maximum atomic E-state index is 11.6. The maximum absolute atomic E-state index is 11.6. The summed E-state index contributed by atoms with van der Waals surface area (Å²) in [5.74, 6) is -0.399. The van der Waals surface area contributed by atoms with Crippen LogP contribution in [0.5, 0.6) is 0 Å². The van der Waals surface area contributed by atoms with E-state index in [0.717, 1.165) is 12.2 Å². The molecule has 0 unspecified atom stereocenters. The summed E-state index contributed by atoms with van der Waals surface area (Å²) >= 11 is 1.90. The van der Waals surface area contributed by atoms with Crippen molar-refractivity contribution in [1.29, 1.82) is 0 Å². The van der Waals surface area contributed by atoms with Crippen molar-refractivity contribution in [3.8, 4) is 0 Å². The Bertz CT molecular complexity index is 467. The number of ether oxygens (including phenoxy) is 1. The number of benzene rings is 1. The van der Waals surface area contributed by atoms with Crippen molar-refractivity contribution >= 4 is 29.1 Å². The van der Waals surface area contributed by atoms with Crippen molar-refractivity contribution in [2.75, 3.05) is 31.0 Å². The fourth-order valence-corrected chi connectivity index (χ4v) is 3.20. The summed E-state index contributed by atoms with van der Waals surface area (Å²) in [7, 11) is 1.36. The van der Waals surface area contributed by atoms with Crippen molar-refractivity contribution < 1.29 is 9.53 Å². The van der Waals surface area contributed by atoms with E-state index in [2.05, 4.69) is 11.6 Å². The van der Waals surface area contributed by atoms with Crippen molar-refractivity contribution in [2.24, 2.45) is 0 Å². The Kier molecular flexibility index (Phi) is 4.24. The molecule has 1 aliphatic carbocycles. The number of esters is 1. The summed E-state index contributed by atoms with van der Waals surface area (Å²) in [6.45, 7) is 0.878. The molecule has 3 N–H and O–H groups in total. The molecule has 1 aromatic rings. The first kappa shape index (κ1) is 14.1. The molecule has 0 bridgehead atoms. The summed E-state index contributed by atoms with van der Waals surface area (Å²) in [5, 5.41) is 3.37. The van der Waals surface area contributed by atoms with Crippen LogP contribution in [0.1, 0.15) is 29.6 Å². The Morgan fingerprint density at radius 3 is 2.79 bits per heavy atom. The van der Waals surface area contributed by atoms with Crippen molar-refractivity contribution in [1.82, 2.24) is 0 Å². The topological polar surface area (TPSA) is 64.3 Å². The van der Waals surface area contributed by atoms with Crippen molar-refractivity contribution in [3.05, 3.63) is 23.8 Å². The number of hydrogen-bond acceptors (Lipinski definition) is 5. The number of rotatable bonds is 5. The van der Waals surface area contributed by atoms with Gasteiger partial charge in [0.2, 0.25) is 0 Å². The van der Waals surface area contributed by atoms with Gasteiger partial charge in [-0.05, 0) is 31.2 Å². The summed E-state index contributed by atoms with van der Waals surface area (Å²) in [6, 6.07) is 5.39. The zero-order chi connectivity index (χ0) is 13.9. The summed E-state index contributed by atoms with van der Waals surface area (Å²) < 4.78 is 5.05. The van der Waals surface area contributed by atoms with E-state index < -0.39 is 5.97 Å². The number of nitrogens with two attached hydrogens (primary N) is 1. The van der Waals surface area contributed by atoms with Gasteiger partial charge in [-0.15, -0.1) is 0 Å². The van der Waals surface area contributed by atoms with Gasteiger partial charge >= 0.3 is 5.97 Å². The van der Waals surface area contributed by atoms with Gasteiger partial charge in [-0.1, -0.05) is 12.5 Å². The average Bonchev–Trinajstić information content (AvgIpc) is 2.39. The summed E-state index contributed by atoms with van der Waals surface area (Å²) in [6.07, 6.45) is 5.91. The van der Waals surface area contributed by atoms with Crippen LogP contribution in [0.15, 0.2) is 18.2 Å². The number of anilines is 2. The summed E-state index contributed by atoms with van der Waals surface area (Å²) in [4.78, 5) is 11.6. The molecule has 5 heteroatoms. The number of methoxy groups -OCH3 is 1. The third-order valence-electron chi connectivity index (χ3n) is 3.81. The van der Waals surface area contributed by atoms with Gasteiger partial charge in [0.15, 0.2) is 0 Å². The van der Waals surface area contributed by atoms with Crippen LogP contribution in [-0.2, 0) is 4.74 Å². The zero-order valence-electron chi connectivity index (χ0n) is 11.4. The van der Waals surface area contributed by atoms with E-state index in [1.165, 1.54) is 26.4 Å². The molecule has 0 radical (unpaired) electrons. The molecule has 0 amide bonds. The van der Waals surface area contributed by atoms with Crippen LogP contribution in [0.2, 0.25) is 0 Å². The molecule has 0 atom stereocenters. The standard InChI is InChI=1S/C14H20N2O2S/c1-18-13(17)10-5-3-6-11(12(10)15)16-9-14(19-2)7-4-8-14/h3,5-6,16H,4,7-9,15H2,1-2H3. The number of carbonyl (C=O) groups is 1. The highest BCUT2D eigenvalue weighted by Gasteiger charge is 2.35. The van der Waals surface area contributed by atoms with Gasteiger partial charge in [0.25, 0.3) is 0 Å². The summed E-state index contributed by atoms with van der Waals surface area (Å²) in [5.41, 5.74) is 7.71. The minimum atomic E-state index is -0.399. The third kappa shape index (κ3) is 2.81. The third-order valence-corrected chi connectivity index (χ3v) is 5.23. The normalized spacial score (nSPS) is 16.5. The molecule has 0 aliphatic heterocycles. The van der Waals surface area contributed by atoms with E-state index in [1.54, 1.807) is 6.07 Å². The highest BCUT2D eigenvalue weighted by atomic mass is 32.2.